The van der Waals surface area contributed by atoms with E-state index in [0.717, 1.165) is 19.9 Å². The third-order valence-electron chi connectivity index (χ3n) is 2.33. The number of nitrogens with zero attached hydrogens (tertiary/aromatic N) is 2. The lowest BCUT2D eigenvalue weighted by Crippen LogP contribution is -2.23. The Bertz CT molecular complexity index is 553. The fraction of sp³-hybridized carbons (Fsp3) is 0.333. The van der Waals surface area contributed by atoms with Gasteiger partial charge in [0.15, 0.2) is 23.4 Å². The molecule has 0 saturated carbocycles. The van der Waals surface area contributed by atoms with Crippen molar-refractivity contribution in [1.82, 2.24) is 0 Å². The fourth-order valence-electron chi connectivity index (χ4n) is 1.33. The van der Waals surface area contributed by atoms with Crippen molar-refractivity contribution < 1.29 is 27.2 Å². The Morgan fingerprint density at radius 1 is 1.15 bits per heavy atom. The lowest BCUT2D eigenvalue weighted by Gasteiger charge is -2.07. The molecule has 0 fully saturated rings. The van der Waals surface area contributed by atoms with Crippen molar-refractivity contribution in [3.8, 4) is 0 Å². The molecule has 0 amide bonds. The molecule has 0 aliphatic heterocycles. The highest BCUT2D eigenvalue weighted by Crippen LogP contribution is 2.32. The average molecular weight is 290 g/mol. The number of alkyl halides is 3. The van der Waals surface area contributed by atoms with Gasteiger partial charge in [-0.3, -0.25) is 9.59 Å². The van der Waals surface area contributed by atoms with Crippen molar-refractivity contribution in [1.29, 1.82) is 0 Å². The summed E-state index contributed by atoms with van der Waals surface area (Å²) >= 11 is 0. The molecule has 1 rings (SSSR count). The fourth-order valence-corrected chi connectivity index (χ4v) is 1.33. The van der Waals surface area contributed by atoms with Crippen LogP contribution in [0.1, 0.15) is 19.4 Å². The van der Waals surface area contributed by atoms with Crippen LogP contribution in [0.2, 0.25) is 0 Å². The first-order valence-electron chi connectivity index (χ1n) is 5.41. The van der Waals surface area contributed by atoms with Crippen molar-refractivity contribution in [2.75, 3.05) is 0 Å². The van der Waals surface area contributed by atoms with Gasteiger partial charge >= 0.3 is 6.18 Å². The molecule has 0 atom stereocenters. The van der Waals surface area contributed by atoms with Gasteiger partial charge in [0.2, 0.25) is 0 Å². The molecule has 1 aromatic carbocycles. The zero-order valence-corrected chi connectivity index (χ0v) is 10.5. The van der Waals surface area contributed by atoms with Gasteiger partial charge in [-0.1, -0.05) is 0 Å². The standard InChI is InChI=1S/C12H10F4N2O2/c1-6(19)11(7(2)20)18-17-10-4-3-8(5-9(10)13)12(14,15)16/h3-5,11H,1-2H3. The molecule has 0 aliphatic rings. The van der Waals surface area contributed by atoms with E-state index in [4.69, 9.17) is 0 Å². The molecule has 0 aromatic heterocycles. The first-order chi connectivity index (χ1) is 9.12. The first kappa shape index (κ1) is 15.9. The minimum atomic E-state index is -4.67. The van der Waals surface area contributed by atoms with Crippen molar-refractivity contribution >= 4 is 17.3 Å². The molecule has 0 bridgehead atoms. The van der Waals surface area contributed by atoms with Gasteiger partial charge < -0.3 is 0 Å². The van der Waals surface area contributed by atoms with Gasteiger partial charge in [0.1, 0.15) is 5.69 Å². The highest BCUT2D eigenvalue weighted by Gasteiger charge is 2.31. The molecular formula is C12H10F4N2O2. The Kier molecular flexibility index (Phi) is 4.69. The van der Waals surface area contributed by atoms with Crippen LogP contribution in [-0.2, 0) is 15.8 Å². The van der Waals surface area contributed by atoms with Crippen LogP contribution in [0.4, 0.5) is 23.2 Å². The molecular weight excluding hydrogens is 280 g/mol. The first-order valence-corrected chi connectivity index (χ1v) is 5.41. The second-order valence-electron chi connectivity index (χ2n) is 4.00. The third kappa shape index (κ3) is 3.94. The SMILES string of the molecule is CC(=O)C(N=Nc1ccc(C(F)(F)F)cc1F)C(C)=O. The Morgan fingerprint density at radius 2 is 1.70 bits per heavy atom. The van der Waals surface area contributed by atoms with Gasteiger partial charge in [-0.05, 0) is 32.0 Å². The molecule has 1 aromatic rings. The minimum absolute atomic E-state index is 0.269. The number of azo groups is 1. The highest BCUT2D eigenvalue weighted by atomic mass is 19.4. The van der Waals surface area contributed by atoms with Gasteiger partial charge in [-0.2, -0.15) is 23.4 Å². The predicted octanol–water partition coefficient (Wildman–Crippen LogP) is 3.47. The van der Waals surface area contributed by atoms with Crippen LogP contribution in [0.3, 0.4) is 0 Å². The molecule has 0 aliphatic carbocycles. The van der Waals surface area contributed by atoms with E-state index in [1.54, 1.807) is 0 Å². The monoisotopic (exact) mass is 290 g/mol. The summed E-state index contributed by atoms with van der Waals surface area (Å²) in [6, 6.07) is 0.300. The van der Waals surface area contributed by atoms with Crippen LogP contribution in [-0.4, -0.2) is 17.6 Å². The minimum Gasteiger partial charge on any atom is -0.297 e. The normalized spacial score (nSPS) is 12.2. The third-order valence-corrected chi connectivity index (χ3v) is 2.33. The smallest absolute Gasteiger partial charge is 0.297 e. The highest BCUT2D eigenvalue weighted by molar-refractivity contribution is 6.04. The molecule has 8 heteroatoms. The summed E-state index contributed by atoms with van der Waals surface area (Å²) < 4.78 is 50.4. The van der Waals surface area contributed by atoms with Gasteiger partial charge in [-0.15, -0.1) is 0 Å². The van der Waals surface area contributed by atoms with Crippen molar-refractivity contribution in [3.63, 3.8) is 0 Å². The maximum atomic E-state index is 13.4. The summed E-state index contributed by atoms with van der Waals surface area (Å²) in [7, 11) is 0. The van der Waals surface area contributed by atoms with Crippen LogP contribution >= 0.6 is 0 Å². The van der Waals surface area contributed by atoms with Crippen LogP contribution in [0.25, 0.3) is 0 Å². The van der Waals surface area contributed by atoms with E-state index in [0.29, 0.717) is 6.07 Å². The number of ketones is 2. The maximum absolute atomic E-state index is 13.4. The van der Waals surface area contributed by atoms with Crippen LogP contribution in [0.5, 0.6) is 0 Å². The van der Waals surface area contributed by atoms with E-state index in [-0.39, 0.29) is 6.07 Å². The molecule has 4 nitrogen and oxygen atoms in total. The summed E-state index contributed by atoms with van der Waals surface area (Å²) in [5.41, 5.74) is -1.64. The number of Topliss-reactive ketones (excluding diaryl/α,β-unsaturated/α-hetero) is 2. The molecule has 0 unspecified atom stereocenters. The Morgan fingerprint density at radius 3 is 2.10 bits per heavy atom. The summed E-state index contributed by atoms with van der Waals surface area (Å²) in [5.74, 6) is -2.42. The van der Waals surface area contributed by atoms with Crippen LogP contribution < -0.4 is 0 Å². The predicted molar refractivity (Wildman–Crippen MR) is 61.1 cm³/mol. The molecule has 0 spiro atoms. The Labute approximate surface area is 111 Å². The second-order valence-corrected chi connectivity index (χ2v) is 4.00. The van der Waals surface area contributed by atoms with Crippen molar-refractivity contribution in [3.05, 3.63) is 29.6 Å². The summed E-state index contributed by atoms with van der Waals surface area (Å²) in [4.78, 5) is 22.1. The summed E-state index contributed by atoms with van der Waals surface area (Å²) in [5, 5.41) is 6.66. The Hall–Kier alpha value is -2.12. The van der Waals surface area contributed by atoms with Crippen molar-refractivity contribution in [2.45, 2.75) is 26.1 Å². The van der Waals surface area contributed by atoms with E-state index >= 15 is 0 Å². The molecule has 0 saturated heterocycles. The average Bonchev–Trinajstić information content (AvgIpc) is 2.28. The lowest BCUT2D eigenvalue weighted by atomic mass is 10.1. The number of hydrogen-bond acceptors (Lipinski definition) is 4. The van der Waals surface area contributed by atoms with Gasteiger partial charge in [-0.25, -0.2) is 4.39 Å². The van der Waals surface area contributed by atoms with Crippen LogP contribution in [0, 0.1) is 5.82 Å². The van der Waals surface area contributed by atoms with Crippen LogP contribution in [0.15, 0.2) is 28.4 Å². The van der Waals surface area contributed by atoms with E-state index in [2.05, 4.69) is 10.2 Å². The number of hydrogen-bond donors (Lipinski definition) is 0. The molecule has 0 radical (unpaired) electrons. The lowest BCUT2D eigenvalue weighted by molar-refractivity contribution is -0.137. The molecule has 0 N–H and O–H groups in total. The number of benzene rings is 1. The zero-order valence-electron chi connectivity index (χ0n) is 10.5. The van der Waals surface area contributed by atoms with Gasteiger partial charge in [0.05, 0.1) is 5.56 Å². The van der Waals surface area contributed by atoms with E-state index in [9.17, 15) is 27.2 Å². The molecule has 108 valence electrons. The molecule has 0 heterocycles. The second kappa shape index (κ2) is 5.89. The quantitative estimate of drug-likeness (QED) is 0.484. The number of carbonyl (C=O) groups excluding carboxylic acids is 2. The topological polar surface area (TPSA) is 58.9 Å². The Balaban J connectivity index is 3.05. The van der Waals surface area contributed by atoms with E-state index in [1.807, 2.05) is 0 Å². The van der Waals surface area contributed by atoms with E-state index in [1.165, 1.54) is 0 Å². The largest absolute Gasteiger partial charge is 0.416 e. The maximum Gasteiger partial charge on any atom is 0.416 e. The summed E-state index contributed by atoms with van der Waals surface area (Å²) in [6.45, 7) is 2.21. The number of rotatable bonds is 4. The number of carbonyl (C=O) groups is 2. The van der Waals surface area contributed by atoms with Crippen molar-refractivity contribution in [2.24, 2.45) is 10.2 Å². The molecule has 20 heavy (non-hydrogen) atoms. The van der Waals surface area contributed by atoms with Gasteiger partial charge in [0.25, 0.3) is 0 Å². The van der Waals surface area contributed by atoms with Gasteiger partial charge in [0, 0.05) is 0 Å². The summed E-state index contributed by atoms with van der Waals surface area (Å²) in [6.07, 6.45) is -4.67. The number of halogens is 4. The van der Waals surface area contributed by atoms with E-state index < -0.39 is 40.9 Å². The zero-order chi connectivity index (χ0) is 15.5.